The quantitative estimate of drug-likeness (QED) is 0.825. The van der Waals surface area contributed by atoms with Gasteiger partial charge in [0.1, 0.15) is 12.1 Å². The van der Waals surface area contributed by atoms with Gasteiger partial charge < -0.3 is 4.90 Å². The van der Waals surface area contributed by atoms with Crippen molar-refractivity contribution in [2.75, 3.05) is 6.54 Å². The maximum absolute atomic E-state index is 12.3. The van der Waals surface area contributed by atoms with Crippen LogP contribution in [0, 0.1) is 0 Å². The Labute approximate surface area is 116 Å². The summed E-state index contributed by atoms with van der Waals surface area (Å²) in [7, 11) is 0. The fourth-order valence-electron chi connectivity index (χ4n) is 2.37. The van der Waals surface area contributed by atoms with E-state index in [9.17, 15) is 9.59 Å². The first-order chi connectivity index (χ1) is 9.70. The molecule has 2 aromatic rings. The summed E-state index contributed by atoms with van der Waals surface area (Å²) >= 11 is 0. The predicted molar refractivity (Wildman–Crippen MR) is 74.2 cm³/mol. The van der Waals surface area contributed by atoms with Crippen LogP contribution in [0.3, 0.4) is 0 Å². The van der Waals surface area contributed by atoms with E-state index in [1.54, 1.807) is 24.3 Å². The third kappa shape index (κ3) is 2.29. The fraction of sp³-hybridized carbons (Fsp3) is 0.429. The third-order valence-electron chi connectivity index (χ3n) is 3.56. The second-order valence-electron chi connectivity index (χ2n) is 4.98. The topological polar surface area (TPSA) is 68.1 Å². The lowest BCUT2D eigenvalue weighted by atomic mass is 10.2. The molecule has 1 heterocycles. The minimum Gasteiger partial charge on any atom is -0.338 e. The van der Waals surface area contributed by atoms with Gasteiger partial charge in [-0.25, -0.2) is 4.68 Å². The van der Waals surface area contributed by atoms with E-state index in [2.05, 4.69) is 10.3 Å². The molecule has 0 unspecified atom stereocenters. The van der Waals surface area contributed by atoms with Gasteiger partial charge in [-0.2, -0.15) is 0 Å². The highest BCUT2D eigenvalue weighted by Gasteiger charge is 2.31. The number of amides is 1. The molecule has 20 heavy (non-hydrogen) atoms. The summed E-state index contributed by atoms with van der Waals surface area (Å²) in [6, 6.07) is 7.36. The van der Waals surface area contributed by atoms with Crippen molar-refractivity contribution in [3.8, 4) is 0 Å². The predicted octanol–water partition coefficient (Wildman–Crippen LogP) is 0.802. The number of rotatable bonds is 4. The minimum absolute atomic E-state index is 0.0407. The molecule has 1 saturated carbocycles. The summed E-state index contributed by atoms with van der Waals surface area (Å²) in [5.74, 6) is -0.0679. The van der Waals surface area contributed by atoms with Gasteiger partial charge in [0, 0.05) is 12.6 Å². The third-order valence-corrected chi connectivity index (χ3v) is 3.56. The van der Waals surface area contributed by atoms with E-state index in [0.717, 1.165) is 17.5 Å². The van der Waals surface area contributed by atoms with E-state index in [0.29, 0.717) is 23.5 Å². The number of carbonyl (C=O) groups is 1. The van der Waals surface area contributed by atoms with Gasteiger partial charge in [-0.15, -0.1) is 5.10 Å². The summed E-state index contributed by atoms with van der Waals surface area (Å²) < 4.78 is 1.15. The van der Waals surface area contributed by atoms with Crippen molar-refractivity contribution in [2.24, 2.45) is 0 Å². The van der Waals surface area contributed by atoms with E-state index in [1.807, 2.05) is 11.8 Å². The van der Waals surface area contributed by atoms with Gasteiger partial charge in [0.25, 0.3) is 5.56 Å². The standard InChI is InChI=1S/C14H16N4O2/c1-2-17(10-7-8-10)13(19)9-18-14(20)11-5-3-4-6-12(11)15-16-18/h3-6,10H,2,7-9H2,1H3. The van der Waals surface area contributed by atoms with Crippen molar-refractivity contribution in [1.29, 1.82) is 0 Å². The average Bonchev–Trinajstić information content (AvgIpc) is 3.28. The number of hydrogen-bond acceptors (Lipinski definition) is 4. The van der Waals surface area contributed by atoms with Crippen LogP contribution in [0.15, 0.2) is 29.1 Å². The Hall–Kier alpha value is -2.24. The van der Waals surface area contributed by atoms with Crippen LogP contribution in [0.2, 0.25) is 0 Å². The zero-order valence-electron chi connectivity index (χ0n) is 11.3. The number of carbonyl (C=O) groups excluding carboxylic acids is 1. The average molecular weight is 272 g/mol. The smallest absolute Gasteiger partial charge is 0.278 e. The number of hydrogen-bond donors (Lipinski definition) is 0. The maximum atomic E-state index is 12.3. The molecule has 1 aliphatic rings. The molecule has 3 rings (SSSR count). The number of nitrogens with zero attached hydrogens (tertiary/aromatic N) is 4. The molecular formula is C14H16N4O2. The van der Waals surface area contributed by atoms with Gasteiger partial charge in [0.05, 0.1) is 5.39 Å². The van der Waals surface area contributed by atoms with Crippen LogP contribution < -0.4 is 5.56 Å². The SMILES string of the molecule is CCN(C(=O)Cn1nnc2ccccc2c1=O)C1CC1. The molecule has 0 atom stereocenters. The van der Waals surface area contributed by atoms with Gasteiger partial charge in [-0.1, -0.05) is 17.3 Å². The van der Waals surface area contributed by atoms with Gasteiger partial charge in [-0.05, 0) is 31.9 Å². The van der Waals surface area contributed by atoms with E-state index in [1.165, 1.54) is 0 Å². The summed E-state index contributed by atoms with van der Waals surface area (Å²) in [5, 5.41) is 8.32. The van der Waals surface area contributed by atoms with Gasteiger partial charge in [0.2, 0.25) is 5.91 Å². The summed E-state index contributed by atoms with van der Waals surface area (Å²) in [5.41, 5.74) is 0.284. The highest BCUT2D eigenvalue weighted by Crippen LogP contribution is 2.26. The normalized spacial score (nSPS) is 14.4. The molecule has 0 radical (unpaired) electrons. The lowest BCUT2D eigenvalue weighted by molar-refractivity contribution is -0.132. The first-order valence-electron chi connectivity index (χ1n) is 6.82. The second kappa shape index (κ2) is 5.03. The molecule has 1 fully saturated rings. The molecule has 6 nitrogen and oxygen atoms in total. The molecule has 1 aromatic heterocycles. The number of likely N-dealkylation sites (N-methyl/N-ethyl adjacent to an activating group) is 1. The van der Waals surface area contributed by atoms with Crippen molar-refractivity contribution in [3.63, 3.8) is 0 Å². The van der Waals surface area contributed by atoms with Gasteiger partial charge in [-0.3, -0.25) is 9.59 Å². The molecule has 6 heteroatoms. The molecular weight excluding hydrogens is 256 g/mol. The van der Waals surface area contributed by atoms with Gasteiger partial charge in [0.15, 0.2) is 0 Å². The van der Waals surface area contributed by atoms with Gasteiger partial charge >= 0.3 is 0 Å². The van der Waals surface area contributed by atoms with Crippen molar-refractivity contribution >= 4 is 16.8 Å². The summed E-state index contributed by atoms with van der Waals surface area (Å²) in [6.45, 7) is 2.57. The number of aromatic nitrogens is 3. The summed E-state index contributed by atoms with van der Waals surface area (Å²) in [4.78, 5) is 26.3. The molecule has 1 aliphatic carbocycles. The maximum Gasteiger partial charge on any atom is 0.278 e. The van der Waals surface area contributed by atoms with Crippen LogP contribution in [-0.2, 0) is 11.3 Å². The van der Waals surface area contributed by atoms with E-state index >= 15 is 0 Å². The molecule has 0 spiro atoms. The van der Waals surface area contributed by atoms with Crippen molar-refractivity contribution in [1.82, 2.24) is 19.9 Å². The molecule has 104 valence electrons. The van der Waals surface area contributed by atoms with E-state index < -0.39 is 0 Å². The Morgan fingerprint density at radius 1 is 1.40 bits per heavy atom. The lowest BCUT2D eigenvalue weighted by Gasteiger charge is -2.20. The first-order valence-corrected chi connectivity index (χ1v) is 6.82. The first kappa shape index (κ1) is 12.8. The fourth-order valence-corrected chi connectivity index (χ4v) is 2.37. The monoisotopic (exact) mass is 272 g/mol. The molecule has 0 saturated heterocycles. The molecule has 1 aromatic carbocycles. The second-order valence-corrected chi connectivity index (χ2v) is 4.98. The van der Waals surface area contributed by atoms with Crippen molar-refractivity contribution in [2.45, 2.75) is 32.4 Å². The summed E-state index contributed by atoms with van der Waals surface area (Å²) in [6.07, 6.45) is 2.11. The van der Waals surface area contributed by atoms with Crippen molar-refractivity contribution in [3.05, 3.63) is 34.6 Å². The highest BCUT2D eigenvalue weighted by atomic mass is 16.2. The van der Waals surface area contributed by atoms with Crippen LogP contribution >= 0.6 is 0 Å². The Balaban J connectivity index is 1.89. The van der Waals surface area contributed by atoms with Crippen LogP contribution in [0.5, 0.6) is 0 Å². The highest BCUT2D eigenvalue weighted by molar-refractivity contribution is 5.78. The minimum atomic E-state index is -0.268. The van der Waals surface area contributed by atoms with Crippen LogP contribution in [0.4, 0.5) is 0 Å². The lowest BCUT2D eigenvalue weighted by Crippen LogP contribution is -2.38. The number of benzene rings is 1. The zero-order chi connectivity index (χ0) is 14.1. The molecule has 0 N–H and O–H groups in total. The Kier molecular flexibility index (Phi) is 3.22. The van der Waals surface area contributed by atoms with Crippen LogP contribution in [-0.4, -0.2) is 38.4 Å². The molecule has 1 amide bonds. The van der Waals surface area contributed by atoms with Crippen molar-refractivity contribution < 1.29 is 4.79 Å². The van der Waals surface area contributed by atoms with Crippen LogP contribution in [0.1, 0.15) is 19.8 Å². The zero-order valence-corrected chi connectivity index (χ0v) is 11.3. The Morgan fingerprint density at radius 3 is 2.85 bits per heavy atom. The molecule has 0 aliphatic heterocycles. The van der Waals surface area contributed by atoms with Crippen LogP contribution in [0.25, 0.3) is 10.9 Å². The largest absolute Gasteiger partial charge is 0.338 e. The molecule has 0 bridgehead atoms. The van der Waals surface area contributed by atoms with E-state index in [4.69, 9.17) is 0 Å². The number of fused-ring (bicyclic) bond motifs is 1. The van der Waals surface area contributed by atoms with E-state index in [-0.39, 0.29) is 18.0 Å². The Bertz CT molecular complexity index is 706. The Morgan fingerprint density at radius 2 is 2.15 bits per heavy atom.